The fraction of sp³-hybridized carbons (Fsp3) is 0.0714. The van der Waals surface area contributed by atoms with Gasteiger partial charge in [-0.05, 0) is 37.3 Å². The van der Waals surface area contributed by atoms with E-state index in [0.29, 0.717) is 16.3 Å². The first-order valence-corrected chi connectivity index (χ1v) is 7.64. The second-order valence-electron chi connectivity index (χ2n) is 4.20. The lowest BCUT2D eigenvalue weighted by atomic mass is 10.1. The highest BCUT2D eigenvalue weighted by molar-refractivity contribution is 7.92. The van der Waals surface area contributed by atoms with Crippen LogP contribution in [0, 0.1) is 0 Å². The Hall–Kier alpha value is -1.85. The number of Topliss-reactive ketones (excluding diaryl/α,β-unsaturated/α-hetero) is 1. The van der Waals surface area contributed by atoms with E-state index in [4.69, 9.17) is 11.6 Å². The molecule has 0 radical (unpaired) electrons. The molecule has 6 heteroatoms. The minimum atomic E-state index is -3.72. The largest absolute Gasteiger partial charge is 0.295 e. The Morgan fingerprint density at radius 2 is 1.80 bits per heavy atom. The van der Waals surface area contributed by atoms with Crippen LogP contribution in [0.25, 0.3) is 0 Å². The maximum atomic E-state index is 12.2. The van der Waals surface area contributed by atoms with Crippen molar-refractivity contribution in [2.75, 3.05) is 4.72 Å². The van der Waals surface area contributed by atoms with Crippen LogP contribution in [0.15, 0.2) is 53.4 Å². The molecule has 0 fully saturated rings. The van der Waals surface area contributed by atoms with Crippen LogP contribution in [-0.4, -0.2) is 14.2 Å². The molecule has 0 spiro atoms. The smallest absolute Gasteiger partial charge is 0.261 e. The van der Waals surface area contributed by atoms with Gasteiger partial charge in [-0.2, -0.15) is 0 Å². The fourth-order valence-corrected chi connectivity index (χ4v) is 3.00. The molecule has 0 saturated heterocycles. The zero-order valence-electron chi connectivity index (χ0n) is 10.6. The van der Waals surface area contributed by atoms with E-state index in [9.17, 15) is 13.2 Å². The predicted molar refractivity (Wildman–Crippen MR) is 78.7 cm³/mol. The summed E-state index contributed by atoms with van der Waals surface area (Å²) in [6, 6.07) is 12.3. The highest BCUT2D eigenvalue weighted by atomic mass is 35.5. The Kier molecular flexibility index (Phi) is 4.11. The second kappa shape index (κ2) is 5.64. The van der Waals surface area contributed by atoms with Crippen LogP contribution in [0.1, 0.15) is 17.3 Å². The monoisotopic (exact) mass is 309 g/mol. The van der Waals surface area contributed by atoms with Crippen molar-refractivity contribution in [3.05, 3.63) is 59.1 Å². The number of ketones is 1. The Morgan fingerprint density at radius 3 is 2.45 bits per heavy atom. The maximum absolute atomic E-state index is 12.2. The minimum Gasteiger partial charge on any atom is -0.295 e. The van der Waals surface area contributed by atoms with E-state index in [0.717, 1.165) is 0 Å². The normalized spacial score (nSPS) is 11.1. The van der Waals surface area contributed by atoms with Gasteiger partial charge in [-0.15, -0.1) is 0 Å². The molecule has 20 heavy (non-hydrogen) atoms. The molecule has 0 aliphatic rings. The van der Waals surface area contributed by atoms with Crippen LogP contribution < -0.4 is 4.72 Å². The zero-order chi connectivity index (χ0) is 14.8. The number of nitrogens with one attached hydrogen (secondary N) is 1. The first kappa shape index (κ1) is 14.6. The molecule has 4 nitrogen and oxygen atoms in total. The summed E-state index contributed by atoms with van der Waals surface area (Å²) in [6.45, 7) is 1.42. The number of benzene rings is 2. The van der Waals surface area contributed by atoms with E-state index in [1.807, 2.05) is 0 Å². The van der Waals surface area contributed by atoms with Gasteiger partial charge in [-0.1, -0.05) is 29.8 Å². The van der Waals surface area contributed by atoms with Crippen LogP contribution in [0.2, 0.25) is 5.02 Å². The fourth-order valence-electron chi connectivity index (χ4n) is 1.65. The Balaban J connectivity index is 2.33. The molecule has 0 unspecified atom stereocenters. The SMILES string of the molecule is CC(=O)c1cccc(NS(=O)(=O)c2cccc(Cl)c2)c1. The molecule has 0 bridgehead atoms. The number of carbonyl (C=O) groups excluding carboxylic acids is 1. The molecule has 0 aliphatic carbocycles. The van der Waals surface area contributed by atoms with E-state index in [-0.39, 0.29) is 10.7 Å². The number of halogens is 1. The highest BCUT2D eigenvalue weighted by Crippen LogP contribution is 2.20. The van der Waals surface area contributed by atoms with Crippen molar-refractivity contribution in [3.63, 3.8) is 0 Å². The van der Waals surface area contributed by atoms with E-state index in [1.54, 1.807) is 30.3 Å². The van der Waals surface area contributed by atoms with Gasteiger partial charge in [0.2, 0.25) is 0 Å². The lowest BCUT2D eigenvalue weighted by Crippen LogP contribution is -2.13. The van der Waals surface area contributed by atoms with Gasteiger partial charge in [0.05, 0.1) is 4.90 Å². The van der Waals surface area contributed by atoms with Crippen molar-refractivity contribution in [3.8, 4) is 0 Å². The molecule has 0 amide bonds. The Bertz CT molecular complexity index is 757. The number of anilines is 1. The third-order valence-electron chi connectivity index (χ3n) is 2.63. The van der Waals surface area contributed by atoms with Gasteiger partial charge in [0, 0.05) is 16.3 Å². The first-order valence-electron chi connectivity index (χ1n) is 5.78. The Morgan fingerprint density at radius 1 is 1.10 bits per heavy atom. The molecule has 0 saturated carbocycles. The third-order valence-corrected chi connectivity index (χ3v) is 4.24. The molecule has 0 aromatic heterocycles. The summed E-state index contributed by atoms with van der Waals surface area (Å²) < 4.78 is 26.8. The van der Waals surface area contributed by atoms with Gasteiger partial charge in [0.15, 0.2) is 5.78 Å². The van der Waals surface area contributed by atoms with Crippen LogP contribution in [0.3, 0.4) is 0 Å². The molecule has 1 N–H and O–H groups in total. The number of carbonyl (C=O) groups is 1. The standard InChI is InChI=1S/C14H12ClNO3S/c1-10(17)11-4-2-6-13(8-11)16-20(18,19)14-7-3-5-12(15)9-14/h2-9,16H,1H3. The van der Waals surface area contributed by atoms with Crippen LogP contribution in [0.5, 0.6) is 0 Å². The minimum absolute atomic E-state index is 0.0678. The molecule has 2 aromatic carbocycles. The highest BCUT2D eigenvalue weighted by Gasteiger charge is 2.14. The summed E-state index contributed by atoms with van der Waals surface area (Å²) in [6.07, 6.45) is 0. The van der Waals surface area contributed by atoms with Crippen LogP contribution >= 0.6 is 11.6 Å². The zero-order valence-corrected chi connectivity index (χ0v) is 12.2. The summed E-state index contributed by atoms with van der Waals surface area (Å²) >= 11 is 5.78. The van der Waals surface area contributed by atoms with Gasteiger partial charge in [0.25, 0.3) is 10.0 Å². The predicted octanol–water partition coefficient (Wildman–Crippen LogP) is 3.34. The first-order chi connectivity index (χ1) is 9.38. The Labute approximate surface area is 122 Å². The van der Waals surface area contributed by atoms with E-state index in [1.165, 1.54) is 25.1 Å². The van der Waals surface area contributed by atoms with Crippen molar-refractivity contribution in [1.29, 1.82) is 0 Å². The molecule has 104 valence electrons. The lowest BCUT2D eigenvalue weighted by Gasteiger charge is -2.09. The van der Waals surface area contributed by atoms with E-state index < -0.39 is 10.0 Å². The average Bonchev–Trinajstić information content (AvgIpc) is 2.38. The molecule has 0 aliphatic heterocycles. The summed E-state index contributed by atoms with van der Waals surface area (Å²) in [7, 11) is -3.72. The summed E-state index contributed by atoms with van der Waals surface area (Å²) in [5.74, 6) is -0.131. The van der Waals surface area contributed by atoms with Crippen molar-refractivity contribution in [1.82, 2.24) is 0 Å². The number of rotatable bonds is 4. The van der Waals surface area contributed by atoms with Gasteiger partial charge < -0.3 is 0 Å². The van der Waals surface area contributed by atoms with Gasteiger partial charge >= 0.3 is 0 Å². The third kappa shape index (κ3) is 3.37. The second-order valence-corrected chi connectivity index (χ2v) is 6.32. The molecule has 0 atom stereocenters. The molecular formula is C14H12ClNO3S. The lowest BCUT2D eigenvalue weighted by molar-refractivity contribution is 0.101. The van der Waals surface area contributed by atoms with Crippen molar-refractivity contribution < 1.29 is 13.2 Å². The molecule has 0 heterocycles. The van der Waals surface area contributed by atoms with Crippen molar-refractivity contribution >= 4 is 33.1 Å². The summed E-state index contributed by atoms with van der Waals surface area (Å²) in [5.41, 5.74) is 0.772. The maximum Gasteiger partial charge on any atom is 0.261 e. The number of hydrogen-bond donors (Lipinski definition) is 1. The number of sulfonamides is 1. The van der Waals surface area contributed by atoms with Crippen LogP contribution in [-0.2, 0) is 10.0 Å². The van der Waals surface area contributed by atoms with Crippen LogP contribution in [0.4, 0.5) is 5.69 Å². The van der Waals surface area contributed by atoms with Gasteiger partial charge in [0.1, 0.15) is 0 Å². The number of hydrogen-bond acceptors (Lipinski definition) is 3. The topological polar surface area (TPSA) is 63.2 Å². The van der Waals surface area contributed by atoms with Gasteiger partial charge in [-0.25, -0.2) is 8.42 Å². The summed E-state index contributed by atoms with van der Waals surface area (Å²) in [5, 5.41) is 0.338. The molecule has 2 aromatic rings. The van der Waals surface area contributed by atoms with E-state index in [2.05, 4.69) is 4.72 Å². The quantitative estimate of drug-likeness (QED) is 0.881. The molecular weight excluding hydrogens is 298 g/mol. The van der Waals surface area contributed by atoms with Crippen molar-refractivity contribution in [2.45, 2.75) is 11.8 Å². The van der Waals surface area contributed by atoms with Gasteiger partial charge in [-0.3, -0.25) is 9.52 Å². The van der Waals surface area contributed by atoms with E-state index >= 15 is 0 Å². The molecule has 2 rings (SSSR count). The summed E-state index contributed by atoms with van der Waals surface area (Å²) in [4.78, 5) is 11.4. The van der Waals surface area contributed by atoms with Crippen molar-refractivity contribution in [2.24, 2.45) is 0 Å². The average molecular weight is 310 g/mol.